The van der Waals surface area contributed by atoms with Gasteiger partial charge in [0.15, 0.2) is 0 Å². The Morgan fingerprint density at radius 2 is 2.00 bits per heavy atom. The first-order valence-electron chi connectivity index (χ1n) is 5.58. The molecule has 0 amide bonds. The summed E-state index contributed by atoms with van der Waals surface area (Å²) in [6, 6.07) is 7.41. The van der Waals surface area contributed by atoms with E-state index in [2.05, 4.69) is 30.7 Å². The third-order valence-corrected chi connectivity index (χ3v) is 3.59. The zero-order valence-electron chi connectivity index (χ0n) is 10.3. The molecule has 2 aromatic rings. The molecule has 1 N–H and O–H groups in total. The summed E-state index contributed by atoms with van der Waals surface area (Å²) in [6.45, 7) is 6.45. The average Bonchev–Trinajstić information content (AvgIpc) is 2.26. The fraction of sp³-hybridized carbons (Fsp3) is 0.385. The molecule has 0 aliphatic rings. The SMILES string of the molecule is CC(C)(C)SCc1nc2ccccc2c(=O)[nH]1. The quantitative estimate of drug-likeness (QED) is 0.888. The van der Waals surface area contributed by atoms with Gasteiger partial charge in [-0.3, -0.25) is 4.79 Å². The zero-order chi connectivity index (χ0) is 12.5. The fourth-order valence-corrected chi connectivity index (χ4v) is 2.19. The highest BCUT2D eigenvalue weighted by molar-refractivity contribution is 7.99. The number of nitrogens with one attached hydrogen (secondary N) is 1. The number of thioether (sulfide) groups is 1. The normalized spacial score (nSPS) is 11.9. The molecule has 0 radical (unpaired) electrons. The first-order chi connectivity index (χ1) is 7.96. The van der Waals surface area contributed by atoms with Crippen LogP contribution >= 0.6 is 11.8 Å². The van der Waals surface area contributed by atoms with Crippen LogP contribution < -0.4 is 5.56 Å². The van der Waals surface area contributed by atoms with Crippen molar-refractivity contribution in [2.45, 2.75) is 31.3 Å². The Morgan fingerprint density at radius 1 is 1.29 bits per heavy atom. The smallest absolute Gasteiger partial charge is 0.258 e. The van der Waals surface area contributed by atoms with Gasteiger partial charge in [0.25, 0.3) is 5.56 Å². The molecule has 3 nitrogen and oxygen atoms in total. The predicted octanol–water partition coefficient (Wildman–Crippen LogP) is 2.95. The number of hydrogen-bond acceptors (Lipinski definition) is 3. The Kier molecular flexibility index (Phi) is 3.24. The fourth-order valence-electron chi connectivity index (χ4n) is 1.49. The lowest BCUT2D eigenvalue weighted by molar-refractivity contribution is 0.800. The Balaban J connectivity index is 2.34. The molecular formula is C13H16N2OS. The number of nitrogens with zero attached hydrogens (tertiary/aromatic N) is 1. The Morgan fingerprint density at radius 3 is 2.71 bits per heavy atom. The average molecular weight is 248 g/mol. The van der Waals surface area contributed by atoms with Crippen molar-refractivity contribution in [2.24, 2.45) is 0 Å². The van der Waals surface area contributed by atoms with Crippen LogP contribution in [0.5, 0.6) is 0 Å². The maximum Gasteiger partial charge on any atom is 0.258 e. The molecule has 0 fully saturated rings. The van der Waals surface area contributed by atoms with Crippen LogP contribution in [0.2, 0.25) is 0 Å². The Bertz CT molecular complexity index is 584. The van der Waals surface area contributed by atoms with Crippen LogP contribution in [0.25, 0.3) is 10.9 Å². The van der Waals surface area contributed by atoms with Gasteiger partial charge in [0.2, 0.25) is 0 Å². The summed E-state index contributed by atoms with van der Waals surface area (Å²) in [6.07, 6.45) is 0. The lowest BCUT2D eigenvalue weighted by Crippen LogP contribution is -2.13. The molecule has 2 rings (SSSR count). The first kappa shape index (κ1) is 12.2. The number of benzene rings is 1. The molecule has 0 spiro atoms. The van der Waals surface area contributed by atoms with Gasteiger partial charge in [-0.05, 0) is 12.1 Å². The van der Waals surface area contributed by atoms with Gasteiger partial charge in [-0.1, -0.05) is 32.9 Å². The standard InChI is InChI=1S/C13H16N2OS/c1-13(2,3)17-8-11-14-10-7-5-4-6-9(10)12(16)15-11/h4-7H,8H2,1-3H3,(H,14,15,16). The van der Waals surface area contributed by atoms with Crippen molar-refractivity contribution in [3.63, 3.8) is 0 Å². The van der Waals surface area contributed by atoms with Crippen LogP contribution in [0.1, 0.15) is 26.6 Å². The molecule has 90 valence electrons. The summed E-state index contributed by atoms with van der Waals surface area (Å²) in [5, 5.41) is 0.650. The van der Waals surface area contributed by atoms with Gasteiger partial charge >= 0.3 is 0 Å². The van der Waals surface area contributed by atoms with E-state index in [4.69, 9.17) is 0 Å². The lowest BCUT2D eigenvalue weighted by atomic mass is 10.2. The number of fused-ring (bicyclic) bond motifs is 1. The van der Waals surface area contributed by atoms with Crippen molar-refractivity contribution in [3.8, 4) is 0 Å². The highest BCUT2D eigenvalue weighted by Crippen LogP contribution is 2.25. The minimum absolute atomic E-state index is 0.0555. The molecule has 0 atom stereocenters. The van der Waals surface area contributed by atoms with Crippen LogP contribution in [0.15, 0.2) is 29.1 Å². The number of hydrogen-bond donors (Lipinski definition) is 1. The monoisotopic (exact) mass is 248 g/mol. The van der Waals surface area contributed by atoms with E-state index >= 15 is 0 Å². The molecule has 0 bridgehead atoms. The minimum atomic E-state index is -0.0555. The van der Waals surface area contributed by atoms with Crippen LogP contribution in [-0.4, -0.2) is 14.7 Å². The van der Waals surface area contributed by atoms with Crippen LogP contribution in [0, 0.1) is 0 Å². The molecule has 0 unspecified atom stereocenters. The molecule has 0 saturated heterocycles. The second-order valence-corrected chi connectivity index (χ2v) is 6.73. The Hall–Kier alpha value is -1.29. The van der Waals surface area contributed by atoms with Gasteiger partial charge < -0.3 is 4.98 Å². The number of para-hydroxylation sites is 1. The zero-order valence-corrected chi connectivity index (χ0v) is 11.1. The van der Waals surface area contributed by atoms with Crippen molar-refractivity contribution in [2.75, 3.05) is 0 Å². The van der Waals surface area contributed by atoms with Crippen molar-refractivity contribution in [3.05, 3.63) is 40.4 Å². The van der Waals surface area contributed by atoms with E-state index in [1.54, 1.807) is 17.8 Å². The van der Waals surface area contributed by atoms with E-state index < -0.39 is 0 Å². The summed E-state index contributed by atoms with van der Waals surface area (Å²) in [7, 11) is 0. The minimum Gasteiger partial charge on any atom is -0.309 e. The second kappa shape index (κ2) is 4.53. The number of aromatic nitrogens is 2. The number of aromatic amines is 1. The van der Waals surface area contributed by atoms with Crippen LogP contribution in [0.4, 0.5) is 0 Å². The van der Waals surface area contributed by atoms with Crippen molar-refractivity contribution < 1.29 is 0 Å². The van der Waals surface area contributed by atoms with Crippen molar-refractivity contribution in [1.29, 1.82) is 0 Å². The molecule has 1 aromatic carbocycles. The van der Waals surface area contributed by atoms with Gasteiger partial charge in [0.05, 0.1) is 16.7 Å². The van der Waals surface area contributed by atoms with Gasteiger partial charge in [0, 0.05) is 4.75 Å². The van der Waals surface area contributed by atoms with E-state index in [0.717, 1.165) is 17.1 Å². The predicted molar refractivity (Wildman–Crippen MR) is 73.4 cm³/mol. The summed E-state index contributed by atoms with van der Waals surface area (Å²) in [5.41, 5.74) is 0.709. The molecule has 1 heterocycles. The highest BCUT2D eigenvalue weighted by atomic mass is 32.2. The largest absolute Gasteiger partial charge is 0.309 e. The lowest BCUT2D eigenvalue weighted by Gasteiger charge is -2.16. The summed E-state index contributed by atoms with van der Waals surface area (Å²) in [4.78, 5) is 19.1. The molecule has 0 saturated carbocycles. The van der Waals surface area contributed by atoms with E-state index in [-0.39, 0.29) is 10.3 Å². The van der Waals surface area contributed by atoms with Gasteiger partial charge in [-0.15, -0.1) is 11.8 Å². The molecule has 17 heavy (non-hydrogen) atoms. The topological polar surface area (TPSA) is 45.8 Å². The van der Waals surface area contributed by atoms with Gasteiger partial charge in [-0.25, -0.2) is 4.98 Å². The molecular weight excluding hydrogens is 232 g/mol. The van der Waals surface area contributed by atoms with Gasteiger partial charge in [-0.2, -0.15) is 0 Å². The van der Waals surface area contributed by atoms with Crippen LogP contribution in [-0.2, 0) is 5.75 Å². The van der Waals surface area contributed by atoms with E-state index in [9.17, 15) is 4.79 Å². The first-order valence-corrected chi connectivity index (χ1v) is 6.56. The summed E-state index contributed by atoms with van der Waals surface area (Å²) in [5.74, 6) is 1.47. The van der Waals surface area contributed by atoms with E-state index in [1.807, 2.05) is 18.2 Å². The second-order valence-electron chi connectivity index (χ2n) is 4.93. The summed E-state index contributed by atoms with van der Waals surface area (Å²) < 4.78 is 0.171. The van der Waals surface area contributed by atoms with Crippen LogP contribution in [0.3, 0.4) is 0 Å². The summed E-state index contributed by atoms with van der Waals surface area (Å²) >= 11 is 1.77. The number of H-pyrrole nitrogens is 1. The number of rotatable bonds is 2. The Labute approximate surface area is 105 Å². The van der Waals surface area contributed by atoms with Gasteiger partial charge in [0.1, 0.15) is 5.82 Å². The molecule has 4 heteroatoms. The van der Waals surface area contributed by atoms with Crippen molar-refractivity contribution in [1.82, 2.24) is 9.97 Å². The molecule has 0 aliphatic heterocycles. The van der Waals surface area contributed by atoms with Crippen molar-refractivity contribution >= 4 is 22.7 Å². The third kappa shape index (κ3) is 3.09. The maximum atomic E-state index is 11.8. The van der Waals surface area contributed by atoms with E-state index in [0.29, 0.717) is 5.39 Å². The molecule has 0 aliphatic carbocycles. The van der Waals surface area contributed by atoms with E-state index in [1.165, 1.54) is 0 Å². The highest BCUT2D eigenvalue weighted by Gasteiger charge is 2.12. The molecule has 1 aromatic heterocycles. The maximum absolute atomic E-state index is 11.8. The third-order valence-electron chi connectivity index (χ3n) is 2.30.